The first-order valence-electron chi connectivity index (χ1n) is 11.0. The van der Waals surface area contributed by atoms with Crippen molar-refractivity contribution in [2.75, 3.05) is 18.4 Å². The van der Waals surface area contributed by atoms with Crippen LogP contribution >= 0.6 is 11.6 Å². The minimum absolute atomic E-state index is 0.00239. The molecule has 0 saturated heterocycles. The van der Waals surface area contributed by atoms with Crippen LogP contribution in [0.5, 0.6) is 11.5 Å². The van der Waals surface area contributed by atoms with Crippen molar-refractivity contribution in [2.24, 2.45) is 10.9 Å². The number of hydrogen-bond donors (Lipinski definition) is 2. The van der Waals surface area contributed by atoms with Crippen molar-refractivity contribution in [1.82, 2.24) is 10.3 Å². The maximum Gasteiger partial charge on any atom is 0.417 e. The molecule has 35 heavy (non-hydrogen) atoms. The van der Waals surface area contributed by atoms with Crippen LogP contribution in [0.15, 0.2) is 65.8 Å². The zero-order valence-electron chi connectivity index (χ0n) is 18.3. The minimum atomic E-state index is -4.59. The highest BCUT2D eigenvalue weighted by molar-refractivity contribution is 6.31. The number of carbonyl (C=O) groups excluding carboxylic acids is 1. The molecular formula is C25H20ClF3N4O2. The number of anilines is 1. The first kappa shape index (κ1) is 23.2. The van der Waals surface area contributed by atoms with E-state index in [4.69, 9.17) is 16.3 Å². The molecule has 6 nitrogen and oxygen atoms in total. The second-order valence-electron chi connectivity index (χ2n) is 8.34. The molecule has 2 atom stereocenters. The number of amides is 1. The zero-order chi connectivity index (χ0) is 24.6. The molecule has 1 aliphatic heterocycles. The van der Waals surface area contributed by atoms with Crippen molar-refractivity contribution in [2.45, 2.75) is 18.5 Å². The van der Waals surface area contributed by atoms with Crippen LogP contribution in [0, 0.1) is 5.92 Å². The van der Waals surface area contributed by atoms with Gasteiger partial charge in [0, 0.05) is 30.4 Å². The molecule has 2 heterocycles. The molecule has 1 aromatic heterocycles. The van der Waals surface area contributed by atoms with Gasteiger partial charge in [-0.05, 0) is 54.3 Å². The van der Waals surface area contributed by atoms with E-state index in [-0.39, 0.29) is 23.4 Å². The van der Waals surface area contributed by atoms with Crippen molar-refractivity contribution in [3.63, 3.8) is 0 Å². The molecular weight excluding hydrogens is 481 g/mol. The molecule has 2 aliphatic rings. The summed E-state index contributed by atoms with van der Waals surface area (Å²) in [6.07, 6.45) is -2.31. The first-order valence-corrected chi connectivity index (χ1v) is 11.4. The van der Waals surface area contributed by atoms with E-state index in [2.05, 4.69) is 20.6 Å². The van der Waals surface area contributed by atoms with Gasteiger partial charge in [-0.2, -0.15) is 13.2 Å². The Morgan fingerprint density at radius 2 is 1.89 bits per heavy atom. The summed E-state index contributed by atoms with van der Waals surface area (Å²) in [5.74, 6) is 1.38. The average molecular weight is 501 g/mol. The molecule has 0 spiro atoms. The lowest BCUT2D eigenvalue weighted by molar-refractivity contribution is -0.137. The van der Waals surface area contributed by atoms with Crippen LogP contribution in [0.3, 0.4) is 0 Å². The number of rotatable bonds is 6. The van der Waals surface area contributed by atoms with Gasteiger partial charge in [-0.3, -0.25) is 14.8 Å². The van der Waals surface area contributed by atoms with E-state index in [9.17, 15) is 18.0 Å². The summed E-state index contributed by atoms with van der Waals surface area (Å²) < 4.78 is 45.1. The molecule has 180 valence electrons. The fourth-order valence-electron chi connectivity index (χ4n) is 4.00. The van der Waals surface area contributed by atoms with Crippen molar-refractivity contribution in [1.29, 1.82) is 0 Å². The van der Waals surface area contributed by atoms with E-state index < -0.39 is 16.8 Å². The van der Waals surface area contributed by atoms with Crippen molar-refractivity contribution >= 4 is 29.0 Å². The molecule has 0 radical (unpaired) electrons. The quantitative estimate of drug-likeness (QED) is 0.459. The summed E-state index contributed by atoms with van der Waals surface area (Å²) in [5, 5.41) is 5.34. The van der Waals surface area contributed by atoms with Crippen LogP contribution in [0.25, 0.3) is 0 Å². The fraction of sp³-hybridized carbons (Fsp3) is 0.240. The number of carbonyl (C=O) groups is 1. The van der Waals surface area contributed by atoms with Gasteiger partial charge in [0.15, 0.2) is 0 Å². The molecule has 1 amide bonds. The van der Waals surface area contributed by atoms with Crippen molar-refractivity contribution in [3.05, 3.63) is 82.6 Å². The predicted octanol–water partition coefficient (Wildman–Crippen LogP) is 5.64. The molecule has 10 heteroatoms. The van der Waals surface area contributed by atoms with E-state index in [1.54, 1.807) is 12.3 Å². The summed E-state index contributed by atoms with van der Waals surface area (Å²) in [5.41, 5.74) is 0.765. The van der Waals surface area contributed by atoms with E-state index in [0.717, 1.165) is 36.6 Å². The molecule has 5 rings (SSSR count). The number of benzene rings is 2. The van der Waals surface area contributed by atoms with Gasteiger partial charge in [-0.25, -0.2) is 0 Å². The number of aromatic nitrogens is 1. The van der Waals surface area contributed by atoms with Gasteiger partial charge in [-0.1, -0.05) is 23.7 Å². The molecule has 2 unspecified atom stereocenters. The summed E-state index contributed by atoms with van der Waals surface area (Å²) in [4.78, 5) is 21.3. The molecule has 2 N–H and O–H groups in total. The first-order chi connectivity index (χ1) is 16.8. The van der Waals surface area contributed by atoms with Crippen LogP contribution in [-0.2, 0) is 11.0 Å². The topological polar surface area (TPSA) is 75.6 Å². The second-order valence-corrected chi connectivity index (χ2v) is 8.74. The number of nitrogens with one attached hydrogen (secondary N) is 2. The zero-order valence-corrected chi connectivity index (χ0v) is 19.0. The largest absolute Gasteiger partial charge is 0.457 e. The molecule has 3 aromatic rings. The lowest BCUT2D eigenvalue weighted by Gasteiger charge is -2.12. The summed E-state index contributed by atoms with van der Waals surface area (Å²) in [7, 11) is 0. The summed E-state index contributed by atoms with van der Waals surface area (Å²) >= 11 is 5.64. The Labute approximate surface area is 204 Å². The third-order valence-corrected chi connectivity index (χ3v) is 6.19. The van der Waals surface area contributed by atoms with Gasteiger partial charge in [0.25, 0.3) is 0 Å². The number of aliphatic imine (C=N–C) groups is 1. The maximum atomic E-state index is 13.1. The smallest absolute Gasteiger partial charge is 0.417 e. The molecule has 1 saturated carbocycles. The third-order valence-electron chi connectivity index (χ3n) is 5.86. The standard InChI is InChI=1S/C25H20ClF3N4O2/c26-21-6-3-15(11-20(21)25(27,28)29)33-24(34)19-13-18(19)14-1-4-16(5-2-14)35-17-7-8-30-22(12-17)23-31-9-10-32-23/h1-8,11-12,18-19H,9-10,13H2,(H,31,32)(H,33,34). The van der Waals surface area contributed by atoms with Crippen molar-refractivity contribution in [3.8, 4) is 11.5 Å². The van der Waals surface area contributed by atoms with Crippen LogP contribution in [0.2, 0.25) is 5.02 Å². The SMILES string of the molecule is O=C(Nc1ccc(Cl)c(C(F)(F)F)c1)C1CC1c1ccc(Oc2ccnc(C3=NCCN3)c2)cc1. The van der Waals surface area contributed by atoms with Gasteiger partial charge in [0.2, 0.25) is 5.91 Å². The van der Waals surface area contributed by atoms with Crippen LogP contribution < -0.4 is 15.4 Å². The number of alkyl halides is 3. The Balaban J connectivity index is 1.20. The van der Waals surface area contributed by atoms with Gasteiger partial charge in [0.05, 0.1) is 17.1 Å². The van der Waals surface area contributed by atoms with Crippen LogP contribution in [-0.4, -0.2) is 29.8 Å². The number of nitrogens with zero attached hydrogens (tertiary/aromatic N) is 2. The highest BCUT2D eigenvalue weighted by Gasteiger charge is 2.44. The average Bonchev–Trinajstić information content (AvgIpc) is 3.44. The van der Waals surface area contributed by atoms with Crippen LogP contribution in [0.4, 0.5) is 18.9 Å². The number of halogens is 4. The minimum Gasteiger partial charge on any atom is -0.457 e. The fourth-order valence-corrected chi connectivity index (χ4v) is 4.23. The molecule has 1 fully saturated rings. The Hall–Kier alpha value is -3.59. The predicted molar refractivity (Wildman–Crippen MR) is 126 cm³/mol. The van der Waals surface area contributed by atoms with E-state index in [1.807, 2.05) is 30.3 Å². The lowest BCUT2D eigenvalue weighted by atomic mass is 10.1. The van der Waals surface area contributed by atoms with E-state index in [1.165, 1.54) is 6.07 Å². The second kappa shape index (κ2) is 9.22. The highest BCUT2D eigenvalue weighted by Crippen LogP contribution is 2.48. The van der Waals surface area contributed by atoms with E-state index in [0.29, 0.717) is 23.6 Å². The Bertz CT molecular complexity index is 1290. The molecule has 0 bridgehead atoms. The Morgan fingerprint density at radius 3 is 2.60 bits per heavy atom. The van der Waals surface area contributed by atoms with Gasteiger partial charge < -0.3 is 15.4 Å². The van der Waals surface area contributed by atoms with Crippen molar-refractivity contribution < 1.29 is 22.7 Å². The summed E-state index contributed by atoms with van der Waals surface area (Å²) in [6, 6.07) is 14.3. The van der Waals surface area contributed by atoms with Gasteiger partial charge in [0.1, 0.15) is 23.0 Å². The Morgan fingerprint density at radius 1 is 1.09 bits per heavy atom. The normalized spacial score (nSPS) is 19.0. The third kappa shape index (κ3) is 5.24. The lowest BCUT2D eigenvalue weighted by Crippen LogP contribution is -2.20. The maximum absolute atomic E-state index is 13.1. The molecule has 2 aromatic carbocycles. The van der Waals surface area contributed by atoms with Gasteiger partial charge >= 0.3 is 6.18 Å². The number of ether oxygens (including phenoxy) is 1. The number of amidine groups is 1. The summed E-state index contributed by atoms with van der Waals surface area (Å²) in [6.45, 7) is 1.51. The van der Waals surface area contributed by atoms with Crippen LogP contribution in [0.1, 0.15) is 29.2 Å². The van der Waals surface area contributed by atoms with E-state index >= 15 is 0 Å². The molecule has 1 aliphatic carbocycles. The van der Waals surface area contributed by atoms with Gasteiger partial charge in [-0.15, -0.1) is 0 Å². The Kier molecular flexibility index (Phi) is 6.10. The highest BCUT2D eigenvalue weighted by atomic mass is 35.5. The monoisotopic (exact) mass is 500 g/mol. The number of hydrogen-bond acceptors (Lipinski definition) is 5. The number of pyridine rings is 1.